The van der Waals surface area contributed by atoms with E-state index in [-0.39, 0.29) is 9.79 Å². The third-order valence-electron chi connectivity index (χ3n) is 7.02. The summed E-state index contributed by atoms with van der Waals surface area (Å²) in [6.07, 6.45) is -0.529. The van der Waals surface area contributed by atoms with Crippen LogP contribution in [0.4, 0.5) is 0 Å². The fourth-order valence-electron chi connectivity index (χ4n) is 4.98. The molecule has 8 heteroatoms. The van der Waals surface area contributed by atoms with E-state index in [0.29, 0.717) is 18.4 Å². The molecule has 1 aliphatic heterocycles. The first-order valence-corrected chi connectivity index (χ1v) is 16.0. The number of nitrogens with zero attached hydrogens (tertiary/aromatic N) is 1. The van der Waals surface area contributed by atoms with Gasteiger partial charge in [-0.2, -0.15) is 4.31 Å². The minimum Gasteiger partial charge on any atom is -0.353 e. The van der Waals surface area contributed by atoms with Crippen LogP contribution in [0.5, 0.6) is 0 Å². The minimum absolute atomic E-state index is 0.100. The van der Waals surface area contributed by atoms with Gasteiger partial charge >= 0.3 is 0 Å². The van der Waals surface area contributed by atoms with E-state index < -0.39 is 44.0 Å². The lowest BCUT2D eigenvalue weighted by atomic mass is 10.0. The van der Waals surface area contributed by atoms with E-state index >= 15 is 0 Å². The Kier molecular flexibility index (Phi) is 8.00. The third-order valence-corrected chi connectivity index (χ3v) is 10.7. The van der Waals surface area contributed by atoms with E-state index in [2.05, 4.69) is 0 Å². The average Bonchev–Trinajstić information content (AvgIpc) is 3.32. The molecule has 1 aliphatic rings. The normalized spacial score (nSPS) is 20.2. The second kappa shape index (κ2) is 11.4. The minimum atomic E-state index is -4.13. The van der Waals surface area contributed by atoms with Crippen LogP contribution in [-0.2, 0) is 31.0 Å². The Morgan fingerprint density at radius 2 is 1.26 bits per heavy atom. The fourth-order valence-corrected chi connectivity index (χ4v) is 8.37. The fraction of sp³-hybridized carbons (Fsp3) is 0.226. The van der Waals surface area contributed by atoms with Gasteiger partial charge in [0.1, 0.15) is 0 Å². The Morgan fingerprint density at radius 3 is 1.87 bits per heavy atom. The summed E-state index contributed by atoms with van der Waals surface area (Å²) >= 11 is 0. The van der Waals surface area contributed by atoms with E-state index in [1.54, 1.807) is 42.5 Å². The van der Waals surface area contributed by atoms with Crippen LogP contribution in [0.2, 0.25) is 0 Å². The highest BCUT2D eigenvalue weighted by Crippen LogP contribution is 2.41. The molecule has 1 saturated heterocycles. The van der Waals surface area contributed by atoms with Gasteiger partial charge in [0.2, 0.25) is 10.0 Å². The molecule has 0 unspecified atom stereocenters. The molecule has 0 spiro atoms. The van der Waals surface area contributed by atoms with Crippen molar-refractivity contribution in [2.45, 2.75) is 47.9 Å². The average molecular weight is 562 g/mol. The van der Waals surface area contributed by atoms with Crippen LogP contribution in [-0.4, -0.2) is 39.0 Å². The molecular weight excluding hydrogens is 530 g/mol. The molecule has 6 nitrogen and oxygen atoms in total. The number of hydrogen-bond acceptors (Lipinski definition) is 5. The van der Waals surface area contributed by atoms with Crippen molar-refractivity contribution in [3.63, 3.8) is 0 Å². The molecule has 3 atom stereocenters. The maximum atomic E-state index is 14.2. The van der Waals surface area contributed by atoms with Crippen LogP contribution in [0.3, 0.4) is 0 Å². The van der Waals surface area contributed by atoms with Gasteiger partial charge in [0.05, 0.1) is 27.7 Å². The maximum Gasteiger partial charge on any atom is 0.245 e. The topological polar surface area (TPSA) is 80.8 Å². The van der Waals surface area contributed by atoms with Gasteiger partial charge in [0, 0.05) is 0 Å². The van der Waals surface area contributed by atoms with E-state index in [9.17, 15) is 16.8 Å². The second-order valence-corrected chi connectivity index (χ2v) is 13.6. The lowest BCUT2D eigenvalue weighted by Crippen LogP contribution is -2.45. The molecule has 0 N–H and O–H groups in total. The molecule has 0 saturated carbocycles. The van der Waals surface area contributed by atoms with Crippen LogP contribution in [0, 0.1) is 6.92 Å². The number of benzene rings is 4. The number of sulfonamides is 1. The van der Waals surface area contributed by atoms with Crippen LogP contribution >= 0.6 is 0 Å². The van der Waals surface area contributed by atoms with Crippen molar-refractivity contribution in [2.24, 2.45) is 0 Å². The Labute approximate surface area is 230 Å². The largest absolute Gasteiger partial charge is 0.353 e. The quantitative estimate of drug-likeness (QED) is 0.267. The summed E-state index contributed by atoms with van der Waals surface area (Å²) in [6.45, 7) is 1.89. The lowest BCUT2D eigenvalue weighted by molar-refractivity contribution is 0.0168. The summed E-state index contributed by atoms with van der Waals surface area (Å²) < 4.78 is 63.5. The Hall–Kier alpha value is -3.30. The highest BCUT2D eigenvalue weighted by atomic mass is 32.2. The first-order chi connectivity index (χ1) is 18.8. The molecule has 0 aliphatic carbocycles. The Bertz CT molecular complexity index is 1590. The molecule has 0 radical (unpaired) electrons. The first-order valence-electron chi connectivity index (χ1n) is 12.9. The van der Waals surface area contributed by atoms with Crippen LogP contribution in [0.25, 0.3) is 0 Å². The number of ether oxygens (including phenoxy) is 1. The maximum absolute atomic E-state index is 14.2. The van der Waals surface area contributed by atoms with Crippen molar-refractivity contribution >= 4 is 19.9 Å². The van der Waals surface area contributed by atoms with Gasteiger partial charge in [-0.3, -0.25) is 0 Å². The molecule has 0 aromatic heterocycles. The molecule has 0 bridgehead atoms. The van der Waals surface area contributed by atoms with Gasteiger partial charge < -0.3 is 4.74 Å². The molecule has 39 heavy (non-hydrogen) atoms. The first kappa shape index (κ1) is 27.3. The van der Waals surface area contributed by atoms with Crippen molar-refractivity contribution in [1.82, 2.24) is 4.31 Å². The van der Waals surface area contributed by atoms with Gasteiger partial charge in [-0.1, -0.05) is 96.6 Å². The zero-order valence-electron chi connectivity index (χ0n) is 21.6. The highest BCUT2D eigenvalue weighted by Gasteiger charge is 2.50. The zero-order valence-corrected chi connectivity index (χ0v) is 23.3. The number of aryl methyl sites for hydroxylation is 2. The smallest absolute Gasteiger partial charge is 0.245 e. The van der Waals surface area contributed by atoms with Gasteiger partial charge in [-0.05, 0) is 55.2 Å². The molecule has 4 aromatic carbocycles. The SMILES string of the molecule is Cc1ccc(S(=O)(=O)N2[C@@H](c3ccccc3)O[C@H](CCc3ccccc3)[C@@H]2CS(=O)(=O)c2ccccc2)cc1. The molecule has 4 aromatic rings. The number of rotatable bonds is 9. The monoisotopic (exact) mass is 561 g/mol. The van der Waals surface area contributed by atoms with E-state index in [0.717, 1.165) is 11.1 Å². The second-order valence-electron chi connectivity index (χ2n) is 9.77. The summed E-state index contributed by atoms with van der Waals surface area (Å²) in [4.78, 5) is 0.256. The molecule has 1 heterocycles. The van der Waals surface area contributed by atoms with Gasteiger partial charge in [0.25, 0.3) is 0 Å². The number of sulfone groups is 1. The summed E-state index contributed by atoms with van der Waals surface area (Å²) in [6, 6.07) is 32.8. The predicted molar refractivity (Wildman–Crippen MR) is 151 cm³/mol. The zero-order chi connectivity index (χ0) is 27.5. The number of hydrogen-bond donors (Lipinski definition) is 0. The molecule has 202 valence electrons. The molecule has 1 fully saturated rings. The van der Waals surface area contributed by atoms with Crippen molar-refractivity contribution in [1.29, 1.82) is 0 Å². The summed E-state index contributed by atoms with van der Waals surface area (Å²) in [7, 11) is -7.96. The predicted octanol–water partition coefficient (Wildman–Crippen LogP) is 5.56. The van der Waals surface area contributed by atoms with E-state index in [1.165, 1.54) is 16.4 Å². The Balaban J connectivity index is 1.60. The lowest BCUT2D eigenvalue weighted by Gasteiger charge is -2.28. The van der Waals surface area contributed by atoms with Gasteiger partial charge in [-0.25, -0.2) is 16.8 Å². The van der Waals surface area contributed by atoms with Crippen molar-refractivity contribution in [3.8, 4) is 0 Å². The van der Waals surface area contributed by atoms with Crippen LogP contribution < -0.4 is 0 Å². The van der Waals surface area contributed by atoms with Crippen molar-refractivity contribution in [3.05, 3.63) is 132 Å². The van der Waals surface area contributed by atoms with Gasteiger partial charge in [-0.15, -0.1) is 0 Å². The van der Waals surface area contributed by atoms with Crippen LogP contribution in [0.1, 0.15) is 29.3 Å². The Morgan fingerprint density at radius 1 is 0.692 bits per heavy atom. The van der Waals surface area contributed by atoms with E-state index in [4.69, 9.17) is 4.74 Å². The summed E-state index contributed by atoms with van der Waals surface area (Å²) in [5.41, 5.74) is 2.65. The van der Waals surface area contributed by atoms with Crippen molar-refractivity contribution in [2.75, 3.05) is 5.75 Å². The summed E-state index contributed by atoms with van der Waals surface area (Å²) in [5.74, 6) is -0.398. The molecule has 0 amide bonds. The molecular formula is C31H31NO5S2. The molecule has 5 rings (SSSR count). The standard InChI is InChI=1S/C31H31NO5S2/c1-24-17-20-28(21-18-24)39(35,36)32-29(23-38(33,34)27-15-9-4-10-16-27)30(22-19-25-11-5-2-6-12-25)37-31(32)26-13-7-3-8-14-26/h2-18,20-21,29-31H,19,22-23H2,1H3/t29-,30+,31+/m0/s1. The van der Waals surface area contributed by atoms with E-state index in [1.807, 2.05) is 67.6 Å². The van der Waals surface area contributed by atoms with Crippen LogP contribution in [0.15, 0.2) is 125 Å². The third kappa shape index (κ3) is 5.99. The highest BCUT2D eigenvalue weighted by molar-refractivity contribution is 7.91. The van der Waals surface area contributed by atoms with Gasteiger partial charge in [0.15, 0.2) is 16.1 Å². The van der Waals surface area contributed by atoms with Crippen molar-refractivity contribution < 1.29 is 21.6 Å². The summed E-state index contributed by atoms with van der Waals surface area (Å²) in [5, 5.41) is 0.